The molecule has 58 valence electrons. The normalized spacial score (nSPS) is 21.6. The summed E-state index contributed by atoms with van der Waals surface area (Å²) in [5, 5.41) is 0. The lowest BCUT2D eigenvalue weighted by Crippen LogP contribution is -1.98. The SMILES string of the molecule is O=CC1=CCCC2=C1OCO2. The third-order valence-corrected chi connectivity index (χ3v) is 1.81. The van der Waals surface area contributed by atoms with Crippen molar-refractivity contribution in [3.8, 4) is 0 Å². The van der Waals surface area contributed by atoms with Crippen molar-refractivity contribution >= 4 is 6.29 Å². The smallest absolute Gasteiger partial charge is 0.230 e. The summed E-state index contributed by atoms with van der Waals surface area (Å²) in [7, 11) is 0. The van der Waals surface area contributed by atoms with E-state index in [0.717, 1.165) is 24.9 Å². The molecule has 1 aliphatic carbocycles. The van der Waals surface area contributed by atoms with E-state index in [4.69, 9.17) is 9.47 Å². The van der Waals surface area contributed by atoms with Crippen LogP contribution in [0.1, 0.15) is 12.8 Å². The van der Waals surface area contributed by atoms with Crippen molar-refractivity contribution < 1.29 is 14.3 Å². The molecular formula is C8H8O3. The molecule has 2 aliphatic rings. The molecule has 0 amide bonds. The van der Waals surface area contributed by atoms with Gasteiger partial charge < -0.3 is 9.47 Å². The number of hydrogen-bond donors (Lipinski definition) is 0. The molecular weight excluding hydrogens is 144 g/mol. The average molecular weight is 152 g/mol. The summed E-state index contributed by atoms with van der Waals surface area (Å²) in [6, 6.07) is 0. The molecule has 1 aliphatic heterocycles. The van der Waals surface area contributed by atoms with E-state index in [-0.39, 0.29) is 6.79 Å². The number of hydrogen-bond acceptors (Lipinski definition) is 3. The first kappa shape index (κ1) is 6.46. The summed E-state index contributed by atoms with van der Waals surface area (Å²) in [6.45, 7) is 0.260. The first-order valence-corrected chi connectivity index (χ1v) is 3.56. The minimum absolute atomic E-state index is 0.260. The van der Waals surface area contributed by atoms with Gasteiger partial charge in [0.15, 0.2) is 12.0 Å². The highest BCUT2D eigenvalue weighted by atomic mass is 16.7. The fourth-order valence-corrected chi connectivity index (χ4v) is 1.29. The Balaban J connectivity index is 2.34. The second kappa shape index (κ2) is 2.42. The van der Waals surface area contributed by atoms with Gasteiger partial charge in [-0.2, -0.15) is 0 Å². The minimum Gasteiger partial charge on any atom is -0.458 e. The zero-order chi connectivity index (χ0) is 7.68. The maximum atomic E-state index is 10.5. The standard InChI is InChI=1S/C8H8O3/c9-4-6-2-1-3-7-8(6)11-5-10-7/h2,4H,1,3,5H2. The fraction of sp³-hybridized carbons (Fsp3) is 0.375. The van der Waals surface area contributed by atoms with Gasteiger partial charge in [0.05, 0.1) is 5.57 Å². The topological polar surface area (TPSA) is 35.5 Å². The van der Waals surface area contributed by atoms with Gasteiger partial charge in [0.2, 0.25) is 6.79 Å². The molecule has 0 saturated heterocycles. The molecule has 3 heteroatoms. The molecule has 0 bridgehead atoms. The van der Waals surface area contributed by atoms with Gasteiger partial charge >= 0.3 is 0 Å². The Kier molecular flexibility index (Phi) is 1.42. The lowest BCUT2D eigenvalue weighted by molar-refractivity contribution is -0.105. The van der Waals surface area contributed by atoms with Crippen molar-refractivity contribution in [1.82, 2.24) is 0 Å². The molecule has 0 aromatic heterocycles. The Morgan fingerprint density at radius 3 is 3.18 bits per heavy atom. The molecule has 1 heterocycles. The van der Waals surface area contributed by atoms with Crippen LogP contribution in [0.15, 0.2) is 23.2 Å². The lowest BCUT2D eigenvalue weighted by Gasteiger charge is -2.07. The average Bonchev–Trinajstić information content (AvgIpc) is 2.50. The predicted molar refractivity (Wildman–Crippen MR) is 37.4 cm³/mol. The molecule has 0 atom stereocenters. The van der Waals surface area contributed by atoms with E-state index >= 15 is 0 Å². The first-order chi connectivity index (χ1) is 5.42. The van der Waals surface area contributed by atoms with Crippen molar-refractivity contribution in [1.29, 1.82) is 0 Å². The molecule has 0 unspecified atom stereocenters. The molecule has 0 aromatic carbocycles. The number of allylic oxidation sites excluding steroid dienone is 3. The summed E-state index contributed by atoms with van der Waals surface area (Å²) in [4.78, 5) is 10.5. The van der Waals surface area contributed by atoms with Crippen LogP contribution in [-0.4, -0.2) is 13.1 Å². The van der Waals surface area contributed by atoms with Gasteiger partial charge in [0.1, 0.15) is 5.76 Å². The van der Waals surface area contributed by atoms with E-state index in [1.165, 1.54) is 0 Å². The van der Waals surface area contributed by atoms with Gasteiger partial charge in [0.25, 0.3) is 0 Å². The van der Waals surface area contributed by atoms with Crippen LogP contribution >= 0.6 is 0 Å². The highest BCUT2D eigenvalue weighted by molar-refractivity contribution is 5.80. The molecule has 3 nitrogen and oxygen atoms in total. The Hall–Kier alpha value is -1.25. The highest BCUT2D eigenvalue weighted by Crippen LogP contribution is 2.29. The molecule has 0 spiro atoms. The second-order valence-electron chi connectivity index (χ2n) is 2.47. The molecule has 2 rings (SSSR count). The Morgan fingerprint density at radius 2 is 2.36 bits per heavy atom. The number of aldehydes is 1. The zero-order valence-electron chi connectivity index (χ0n) is 6.00. The van der Waals surface area contributed by atoms with Crippen molar-refractivity contribution in [2.45, 2.75) is 12.8 Å². The van der Waals surface area contributed by atoms with E-state index in [0.29, 0.717) is 11.3 Å². The van der Waals surface area contributed by atoms with Crippen molar-refractivity contribution in [3.05, 3.63) is 23.2 Å². The second-order valence-corrected chi connectivity index (χ2v) is 2.47. The van der Waals surface area contributed by atoms with E-state index in [2.05, 4.69) is 0 Å². The number of carbonyl (C=O) groups excluding carboxylic acids is 1. The third kappa shape index (κ3) is 0.926. The van der Waals surface area contributed by atoms with Gasteiger partial charge in [0, 0.05) is 6.42 Å². The van der Waals surface area contributed by atoms with Crippen LogP contribution in [0, 0.1) is 0 Å². The third-order valence-electron chi connectivity index (χ3n) is 1.81. The molecule has 0 N–H and O–H groups in total. The van der Waals surface area contributed by atoms with Crippen molar-refractivity contribution in [3.63, 3.8) is 0 Å². The summed E-state index contributed by atoms with van der Waals surface area (Å²) >= 11 is 0. The fourth-order valence-electron chi connectivity index (χ4n) is 1.29. The number of rotatable bonds is 1. The van der Waals surface area contributed by atoms with Crippen LogP contribution in [0.3, 0.4) is 0 Å². The Labute approximate surface area is 64.3 Å². The largest absolute Gasteiger partial charge is 0.458 e. The number of carbonyl (C=O) groups is 1. The quantitative estimate of drug-likeness (QED) is 0.528. The summed E-state index contributed by atoms with van der Waals surface area (Å²) in [5.74, 6) is 1.47. The van der Waals surface area contributed by atoms with Crippen LogP contribution in [0.2, 0.25) is 0 Å². The van der Waals surface area contributed by atoms with Crippen LogP contribution in [0.4, 0.5) is 0 Å². The maximum absolute atomic E-state index is 10.5. The van der Waals surface area contributed by atoms with E-state index in [9.17, 15) is 4.79 Å². The van der Waals surface area contributed by atoms with E-state index in [1.54, 1.807) is 0 Å². The van der Waals surface area contributed by atoms with Gasteiger partial charge in [-0.3, -0.25) is 4.79 Å². The van der Waals surface area contributed by atoms with Gasteiger partial charge in [-0.1, -0.05) is 6.08 Å². The molecule has 0 radical (unpaired) electrons. The highest BCUT2D eigenvalue weighted by Gasteiger charge is 2.23. The molecule has 0 fully saturated rings. The number of ether oxygens (including phenoxy) is 2. The van der Waals surface area contributed by atoms with Crippen LogP contribution in [-0.2, 0) is 14.3 Å². The maximum Gasteiger partial charge on any atom is 0.230 e. The van der Waals surface area contributed by atoms with Crippen LogP contribution in [0.25, 0.3) is 0 Å². The predicted octanol–water partition coefficient (Wildman–Crippen LogP) is 1.12. The Morgan fingerprint density at radius 1 is 1.45 bits per heavy atom. The van der Waals surface area contributed by atoms with Crippen LogP contribution in [0.5, 0.6) is 0 Å². The van der Waals surface area contributed by atoms with E-state index < -0.39 is 0 Å². The van der Waals surface area contributed by atoms with Crippen molar-refractivity contribution in [2.24, 2.45) is 0 Å². The molecule has 11 heavy (non-hydrogen) atoms. The summed E-state index contributed by atoms with van der Waals surface area (Å²) in [5.41, 5.74) is 0.628. The van der Waals surface area contributed by atoms with Crippen LogP contribution < -0.4 is 0 Å². The Bertz CT molecular complexity index is 250. The van der Waals surface area contributed by atoms with Gasteiger partial charge in [-0.15, -0.1) is 0 Å². The minimum atomic E-state index is 0.260. The van der Waals surface area contributed by atoms with Gasteiger partial charge in [-0.05, 0) is 6.42 Å². The van der Waals surface area contributed by atoms with E-state index in [1.807, 2.05) is 6.08 Å². The summed E-state index contributed by atoms with van der Waals surface area (Å²) in [6.07, 6.45) is 4.41. The first-order valence-electron chi connectivity index (χ1n) is 3.56. The zero-order valence-corrected chi connectivity index (χ0v) is 6.00. The summed E-state index contributed by atoms with van der Waals surface area (Å²) < 4.78 is 10.3. The lowest BCUT2D eigenvalue weighted by atomic mass is 10.1. The van der Waals surface area contributed by atoms with Gasteiger partial charge in [-0.25, -0.2) is 0 Å². The monoisotopic (exact) mass is 152 g/mol. The molecule has 0 aromatic rings. The van der Waals surface area contributed by atoms with Crippen molar-refractivity contribution in [2.75, 3.05) is 6.79 Å². The molecule has 0 saturated carbocycles.